The van der Waals surface area contributed by atoms with Crippen molar-refractivity contribution in [2.24, 2.45) is 0 Å². The van der Waals surface area contributed by atoms with Crippen LogP contribution in [0.5, 0.6) is 0 Å². The van der Waals surface area contributed by atoms with Gasteiger partial charge in [0.15, 0.2) is 0 Å². The average Bonchev–Trinajstić information content (AvgIpc) is 2.86. The van der Waals surface area contributed by atoms with Gasteiger partial charge in [-0.05, 0) is 19.3 Å². The van der Waals surface area contributed by atoms with Gasteiger partial charge in [-0.3, -0.25) is 4.90 Å². The largest absolute Gasteiger partial charge is 0.444 e. The molecular formula is C13H21N3O. The van der Waals surface area contributed by atoms with Crippen LogP contribution in [0.15, 0.2) is 10.6 Å². The van der Waals surface area contributed by atoms with E-state index in [0.717, 1.165) is 43.7 Å². The lowest BCUT2D eigenvalue weighted by Crippen LogP contribution is -2.33. The standard InChI is InChI=1S/C13H21N3O/c1-2-12-7-14-13(17-12)9-16-6-5-11(8-16)15-10-3-4-10/h7,10-11,15H,2-6,8-9H2,1H3. The molecule has 0 bridgehead atoms. The third-order valence-electron chi connectivity index (χ3n) is 3.63. The van der Waals surface area contributed by atoms with E-state index in [1.165, 1.54) is 19.3 Å². The van der Waals surface area contributed by atoms with E-state index in [9.17, 15) is 0 Å². The Morgan fingerprint density at radius 3 is 3.00 bits per heavy atom. The first kappa shape index (κ1) is 11.2. The molecule has 0 spiro atoms. The summed E-state index contributed by atoms with van der Waals surface area (Å²) in [7, 11) is 0. The van der Waals surface area contributed by atoms with Crippen molar-refractivity contribution in [3.8, 4) is 0 Å². The summed E-state index contributed by atoms with van der Waals surface area (Å²) in [6.45, 7) is 5.26. The summed E-state index contributed by atoms with van der Waals surface area (Å²) >= 11 is 0. The molecule has 0 amide bonds. The van der Waals surface area contributed by atoms with Crippen LogP contribution < -0.4 is 5.32 Å². The molecule has 1 aromatic rings. The van der Waals surface area contributed by atoms with Gasteiger partial charge in [0.1, 0.15) is 5.76 Å². The van der Waals surface area contributed by atoms with Crippen molar-refractivity contribution in [3.05, 3.63) is 17.8 Å². The summed E-state index contributed by atoms with van der Waals surface area (Å²) in [5.74, 6) is 1.86. The third-order valence-corrected chi connectivity index (χ3v) is 3.63. The Hall–Kier alpha value is -0.870. The lowest BCUT2D eigenvalue weighted by atomic mass is 10.2. The fraction of sp³-hybridized carbons (Fsp3) is 0.769. The topological polar surface area (TPSA) is 41.3 Å². The SMILES string of the molecule is CCc1cnc(CN2CCC(NC3CC3)C2)o1. The number of oxazole rings is 1. The highest BCUT2D eigenvalue weighted by Gasteiger charge is 2.29. The van der Waals surface area contributed by atoms with Crippen molar-refractivity contribution in [2.45, 2.75) is 51.2 Å². The maximum Gasteiger partial charge on any atom is 0.208 e. The molecule has 0 aromatic carbocycles. The molecule has 3 rings (SSSR count). The van der Waals surface area contributed by atoms with E-state index in [1.54, 1.807) is 0 Å². The van der Waals surface area contributed by atoms with Crippen LogP contribution in [0.2, 0.25) is 0 Å². The Bertz CT molecular complexity index is 372. The monoisotopic (exact) mass is 235 g/mol. The summed E-state index contributed by atoms with van der Waals surface area (Å²) in [6.07, 6.45) is 6.79. The van der Waals surface area contributed by atoms with Crippen molar-refractivity contribution in [1.29, 1.82) is 0 Å². The average molecular weight is 235 g/mol. The zero-order valence-electron chi connectivity index (χ0n) is 10.5. The van der Waals surface area contributed by atoms with E-state index >= 15 is 0 Å². The minimum absolute atomic E-state index is 0.683. The van der Waals surface area contributed by atoms with Crippen LogP contribution in [-0.4, -0.2) is 35.1 Å². The number of aryl methyl sites for hydroxylation is 1. The molecular weight excluding hydrogens is 214 g/mol. The predicted molar refractivity (Wildman–Crippen MR) is 65.7 cm³/mol. The first-order chi connectivity index (χ1) is 8.33. The Labute approximate surface area is 102 Å². The maximum atomic E-state index is 5.65. The van der Waals surface area contributed by atoms with Crippen LogP contribution in [0.1, 0.15) is 37.8 Å². The van der Waals surface area contributed by atoms with Crippen LogP contribution in [0.3, 0.4) is 0 Å². The molecule has 0 radical (unpaired) electrons. The van der Waals surface area contributed by atoms with Crippen LogP contribution in [-0.2, 0) is 13.0 Å². The molecule has 1 aliphatic carbocycles. The number of nitrogens with zero attached hydrogens (tertiary/aromatic N) is 2. The molecule has 4 heteroatoms. The molecule has 1 N–H and O–H groups in total. The molecule has 1 aromatic heterocycles. The summed E-state index contributed by atoms with van der Waals surface area (Å²) in [5, 5.41) is 3.69. The van der Waals surface area contributed by atoms with Crippen molar-refractivity contribution in [2.75, 3.05) is 13.1 Å². The highest BCUT2D eigenvalue weighted by Crippen LogP contribution is 2.22. The van der Waals surface area contributed by atoms with Crippen molar-refractivity contribution in [3.63, 3.8) is 0 Å². The van der Waals surface area contributed by atoms with Gasteiger partial charge in [-0.2, -0.15) is 0 Å². The zero-order chi connectivity index (χ0) is 11.7. The Morgan fingerprint density at radius 2 is 2.29 bits per heavy atom. The number of aromatic nitrogens is 1. The van der Waals surface area contributed by atoms with Crippen LogP contribution in [0, 0.1) is 0 Å². The van der Waals surface area contributed by atoms with Gasteiger partial charge in [0.2, 0.25) is 5.89 Å². The quantitative estimate of drug-likeness (QED) is 0.841. The van der Waals surface area contributed by atoms with Crippen LogP contribution in [0.25, 0.3) is 0 Å². The lowest BCUT2D eigenvalue weighted by Gasteiger charge is -2.14. The molecule has 17 heavy (non-hydrogen) atoms. The molecule has 1 saturated carbocycles. The van der Waals surface area contributed by atoms with E-state index in [2.05, 4.69) is 22.1 Å². The molecule has 1 saturated heterocycles. The van der Waals surface area contributed by atoms with Gasteiger partial charge in [-0.25, -0.2) is 4.98 Å². The predicted octanol–water partition coefficient (Wildman–Crippen LogP) is 1.56. The van der Waals surface area contributed by atoms with Gasteiger partial charge in [0.05, 0.1) is 12.7 Å². The Kier molecular flexibility index (Phi) is 3.16. The highest BCUT2D eigenvalue weighted by atomic mass is 16.4. The molecule has 2 fully saturated rings. The second-order valence-electron chi connectivity index (χ2n) is 5.24. The zero-order valence-corrected chi connectivity index (χ0v) is 10.5. The van der Waals surface area contributed by atoms with Gasteiger partial charge in [-0.1, -0.05) is 6.92 Å². The van der Waals surface area contributed by atoms with Crippen molar-refractivity contribution in [1.82, 2.24) is 15.2 Å². The fourth-order valence-corrected chi connectivity index (χ4v) is 2.47. The maximum absolute atomic E-state index is 5.65. The lowest BCUT2D eigenvalue weighted by molar-refractivity contribution is 0.279. The first-order valence-electron chi connectivity index (χ1n) is 6.75. The second-order valence-corrected chi connectivity index (χ2v) is 5.24. The highest BCUT2D eigenvalue weighted by molar-refractivity contribution is 4.95. The summed E-state index contributed by atoms with van der Waals surface area (Å²) < 4.78 is 5.65. The van der Waals surface area contributed by atoms with Crippen LogP contribution in [0.4, 0.5) is 0 Å². The van der Waals surface area contributed by atoms with Gasteiger partial charge < -0.3 is 9.73 Å². The number of nitrogens with one attached hydrogen (secondary N) is 1. The molecule has 2 heterocycles. The second kappa shape index (κ2) is 4.78. The molecule has 1 atom stereocenters. The van der Waals surface area contributed by atoms with E-state index in [1.807, 2.05) is 6.20 Å². The fourth-order valence-electron chi connectivity index (χ4n) is 2.47. The van der Waals surface area contributed by atoms with Crippen molar-refractivity contribution < 1.29 is 4.42 Å². The van der Waals surface area contributed by atoms with Gasteiger partial charge >= 0.3 is 0 Å². The number of likely N-dealkylation sites (tertiary alicyclic amines) is 1. The van der Waals surface area contributed by atoms with Gasteiger partial charge in [0, 0.05) is 31.6 Å². The first-order valence-corrected chi connectivity index (χ1v) is 6.75. The summed E-state index contributed by atoms with van der Waals surface area (Å²) in [5.41, 5.74) is 0. The molecule has 1 unspecified atom stereocenters. The smallest absolute Gasteiger partial charge is 0.208 e. The summed E-state index contributed by atoms with van der Waals surface area (Å²) in [4.78, 5) is 6.76. The number of hydrogen-bond acceptors (Lipinski definition) is 4. The molecule has 94 valence electrons. The summed E-state index contributed by atoms with van der Waals surface area (Å²) in [6, 6.07) is 1.50. The molecule has 2 aliphatic rings. The van der Waals surface area contributed by atoms with E-state index < -0.39 is 0 Å². The van der Waals surface area contributed by atoms with Gasteiger partial charge in [0.25, 0.3) is 0 Å². The van der Waals surface area contributed by atoms with Crippen LogP contribution >= 0.6 is 0 Å². The third kappa shape index (κ3) is 2.87. The minimum Gasteiger partial charge on any atom is -0.444 e. The van der Waals surface area contributed by atoms with E-state index in [-0.39, 0.29) is 0 Å². The molecule has 1 aliphatic heterocycles. The molecule has 4 nitrogen and oxygen atoms in total. The minimum atomic E-state index is 0.683. The van der Waals surface area contributed by atoms with E-state index in [0.29, 0.717) is 6.04 Å². The Balaban J connectivity index is 1.48. The van der Waals surface area contributed by atoms with Gasteiger partial charge in [-0.15, -0.1) is 0 Å². The van der Waals surface area contributed by atoms with Crippen molar-refractivity contribution >= 4 is 0 Å². The normalized spacial score (nSPS) is 25.6. The number of rotatable bonds is 5. The Morgan fingerprint density at radius 1 is 1.41 bits per heavy atom. The number of hydrogen-bond donors (Lipinski definition) is 1. The van der Waals surface area contributed by atoms with E-state index in [4.69, 9.17) is 4.42 Å².